The van der Waals surface area contributed by atoms with Gasteiger partial charge in [-0.15, -0.1) is 0 Å². The number of phenolic OH excluding ortho intramolecular Hbond substituents is 1. The minimum atomic E-state index is -0.142. The summed E-state index contributed by atoms with van der Waals surface area (Å²) in [5, 5.41) is 12.6. The maximum Gasteiger partial charge on any atom is 0.256 e. The lowest BCUT2D eigenvalue weighted by Gasteiger charge is -2.04. The fraction of sp³-hybridized carbons (Fsp3) is 0. The number of hydrogen-bond acceptors (Lipinski definition) is 2. The van der Waals surface area contributed by atoms with Gasteiger partial charge in [0, 0.05) is 16.8 Å². The van der Waals surface area contributed by atoms with E-state index in [4.69, 9.17) is 0 Å². The summed E-state index contributed by atoms with van der Waals surface area (Å²) in [5.74, 6) is -0.00872. The van der Waals surface area contributed by atoms with Crippen LogP contribution in [-0.4, -0.2) is 11.0 Å². The van der Waals surface area contributed by atoms with Gasteiger partial charge in [-0.2, -0.15) is 0 Å². The monoisotopic (exact) mass is 419 g/mol. The zero-order valence-electron chi connectivity index (χ0n) is 11.4. The first-order valence-corrected chi connectivity index (χ1v) is 8.06. The summed E-state index contributed by atoms with van der Waals surface area (Å²) < 4.78 is 1.13. The highest BCUT2D eigenvalue weighted by molar-refractivity contribution is 9.11. The molecule has 0 saturated carbocycles. The molecule has 0 radical (unpaired) electrons. The van der Waals surface area contributed by atoms with Gasteiger partial charge in [-0.05, 0) is 67.3 Å². The molecular weight excluding hydrogens is 410 g/mol. The number of carbonyl (C=O) groups excluding carboxylic acids is 1. The molecule has 3 rings (SSSR count). The molecule has 1 heterocycles. The highest BCUT2D eigenvalue weighted by atomic mass is 79.9. The van der Waals surface area contributed by atoms with Gasteiger partial charge in [0.05, 0.1) is 8.95 Å². The van der Waals surface area contributed by atoms with Crippen LogP contribution in [0.2, 0.25) is 0 Å². The Kier molecular flexibility index (Phi) is 3.93. The number of aromatic hydroxyl groups is 1. The van der Waals surface area contributed by atoms with Crippen LogP contribution < -0.4 is 5.32 Å². The molecule has 0 bridgehead atoms. The molecule has 0 fully saturated rings. The number of halogens is 2. The van der Waals surface area contributed by atoms with Gasteiger partial charge < -0.3 is 10.4 Å². The van der Waals surface area contributed by atoms with Crippen molar-refractivity contribution in [3.8, 4) is 5.75 Å². The molecule has 2 aromatic carbocycles. The van der Waals surface area contributed by atoms with E-state index in [2.05, 4.69) is 43.8 Å². The number of nitrogens with one attached hydrogen (secondary N) is 1. The van der Waals surface area contributed by atoms with Gasteiger partial charge >= 0.3 is 0 Å². The van der Waals surface area contributed by atoms with E-state index >= 15 is 0 Å². The summed E-state index contributed by atoms with van der Waals surface area (Å²) >= 11 is 6.58. The van der Waals surface area contributed by atoms with Crippen molar-refractivity contribution in [2.24, 2.45) is 0 Å². The smallest absolute Gasteiger partial charge is 0.256 e. The third kappa shape index (κ3) is 2.62. The zero-order chi connectivity index (χ0) is 15.9. The van der Waals surface area contributed by atoms with Gasteiger partial charge in [0.1, 0.15) is 5.75 Å². The van der Waals surface area contributed by atoms with Crippen LogP contribution in [-0.2, 0) is 4.79 Å². The topological polar surface area (TPSA) is 49.3 Å². The Labute approximate surface area is 144 Å². The molecule has 0 saturated heterocycles. The van der Waals surface area contributed by atoms with E-state index in [9.17, 15) is 9.90 Å². The van der Waals surface area contributed by atoms with Crippen LogP contribution in [0, 0.1) is 0 Å². The predicted octanol–water partition coefficient (Wildman–Crippen LogP) is 5.05. The quantitative estimate of drug-likeness (QED) is 0.667. The highest BCUT2D eigenvalue weighted by Crippen LogP contribution is 2.37. The Morgan fingerprint density at radius 3 is 2.41 bits per heavy atom. The van der Waals surface area contributed by atoms with Crippen LogP contribution in [0.1, 0.15) is 16.7 Å². The number of hydrogen-bond donors (Lipinski definition) is 2. The molecule has 110 valence electrons. The van der Waals surface area contributed by atoms with E-state index in [1.54, 1.807) is 24.3 Å². The van der Waals surface area contributed by atoms with E-state index in [1.165, 1.54) is 0 Å². The Bertz CT molecular complexity index is 818. The molecule has 0 spiro atoms. The first kappa shape index (κ1) is 15.1. The Morgan fingerprint density at radius 2 is 1.77 bits per heavy atom. The highest BCUT2D eigenvalue weighted by Gasteiger charge is 2.24. The molecule has 0 atom stereocenters. The largest absolute Gasteiger partial charge is 0.506 e. The van der Waals surface area contributed by atoms with Crippen LogP contribution in [0.3, 0.4) is 0 Å². The van der Waals surface area contributed by atoms with Gasteiger partial charge in [0.2, 0.25) is 0 Å². The first-order valence-electron chi connectivity index (χ1n) is 6.47. The maximum atomic E-state index is 12.2. The van der Waals surface area contributed by atoms with Crippen molar-refractivity contribution in [3.05, 3.63) is 62.5 Å². The van der Waals surface area contributed by atoms with Crippen LogP contribution in [0.4, 0.5) is 5.69 Å². The standard InChI is InChI=1S/C17H11Br2NO2/c1-2-9-3-4-11-12(17(22)20-15(11)8-9)5-10-6-13(18)16(21)14(19)7-10/h2-8,21H,1H2,(H,20,22). The van der Waals surface area contributed by atoms with Gasteiger partial charge in [0.25, 0.3) is 5.91 Å². The van der Waals surface area contributed by atoms with Crippen LogP contribution in [0.25, 0.3) is 17.7 Å². The summed E-state index contributed by atoms with van der Waals surface area (Å²) in [4.78, 5) is 12.2. The SMILES string of the molecule is C=Cc1ccc2c(c1)NC(=O)C2=Cc1cc(Br)c(O)c(Br)c1. The molecule has 22 heavy (non-hydrogen) atoms. The van der Waals surface area contributed by atoms with E-state index in [0.717, 1.165) is 22.4 Å². The molecule has 1 aliphatic rings. The van der Waals surface area contributed by atoms with Crippen molar-refractivity contribution in [1.29, 1.82) is 0 Å². The Balaban J connectivity index is 2.10. The van der Waals surface area contributed by atoms with Gasteiger partial charge in [-0.3, -0.25) is 4.79 Å². The zero-order valence-corrected chi connectivity index (χ0v) is 14.5. The second kappa shape index (κ2) is 5.74. The summed E-state index contributed by atoms with van der Waals surface area (Å²) in [6.07, 6.45) is 3.53. The van der Waals surface area contributed by atoms with Crippen molar-refractivity contribution >= 4 is 61.2 Å². The molecule has 1 aliphatic heterocycles. The van der Waals surface area contributed by atoms with Crippen molar-refractivity contribution in [2.75, 3.05) is 5.32 Å². The number of phenols is 1. The third-order valence-electron chi connectivity index (χ3n) is 3.41. The van der Waals surface area contributed by atoms with Crippen LogP contribution in [0.15, 0.2) is 45.9 Å². The molecule has 3 nitrogen and oxygen atoms in total. The lowest BCUT2D eigenvalue weighted by molar-refractivity contribution is -0.110. The fourth-order valence-electron chi connectivity index (χ4n) is 2.32. The van der Waals surface area contributed by atoms with Crippen LogP contribution >= 0.6 is 31.9 Å². The van der Waals surface area contributed by atoms with Crippen molar-refractivity contribution < 1.29 is 9.90 Å². The molecule has 0 aliphatic carbocycles. The summed E-state index contributed by atoms with van der Waals surface area (Å²) in [6, 6.07) is 9.24. The summed E-state index contributed by atoms with van der Waals surface area (Å²) in [5.41, 5.74) is 3.99. The molecule has 5 heteroatoms. The number of rotatable bonds is 2. The maximum absolute atomic E-state index is 12.2. The fourth-order valence-corrected chi connectivity index (χ4v) is 3.54. The minimum Gasteiger partial charge on any atom is -0.506 e. The number of carbonyl (C=O) groups is 1. The van der Waals surface area contributed by atoms with Gasteiger partial charge in [-0.25, -0.2) is 0 Å². The van der Waals surface area contributed by atoms with E-state index in [-0.39, 0.29) is 11.7 Å². The van der Waals surface area contributed by atoms with Crippen molar-refractivity contribution in [1.82, 2.24) is 0 Å². The second-order valence-electron chi connectivity index (χ2n) is 4.85. The number of benzene rings is 2. The number of fused-ring (bicyclic) bond motifs is 1. The van der Waals surface area contributed by atoms with Crippen molar-refractivity contribution in [2.45, 2.75) is 0 Å². The lowest BCUT2D eigenvalue weighted by Crippen LogP contribution is -2.03. The average molecular weight is 421 g/mol. The average Bonchev–Trinajstić information content (AvgIpc) is 2.79. The predicted molar refractivity (Wildman–Crippen MR) is 96.5 cm³/mol. The molecule has 0 aromatic heterocycles. The normalized spacial score (nSPS) is 14.8. The molecule has 2 N–H and O–H groups in total. The minimum absolute atomic E-state index is 0.133. The Hall–Kier alpha value is -1.85. The molecule has 2 aromatic rings. The van der Waals surface area contributed by atoms with Gasteiger partial charge in [-0.1, -0.05) is 24.8 Å². The van der Waals surface area contributed by atoms with E-state index in [1.807, 2.05) is 18.2 Å². The molecular formula is C17H11Br2NO2. The summed E-state index contributed by atoms with van der Waals surface area (Å²) in [6.45, 7) is 3.73. The number of anilines is 1. The van der Waals surface area contributed by atoms with E-state index < -0.39 is 0 Å². The molecule has 1 amide bonds. The lowest BCUT2D eigenvalue weighted by atomic mass is 10.0. The second-order valence-corrected chi connectivity index (χ2v) is 6.56. The number of amides is 1. The summed E-state index contributed by atoms with van der Waals surface area (Å²) in [7, 11) is 0. The van der Waals surface area contributed by atoms with E-state index in [0.29, 0.717) is 14.5 Å². The third-order valence-corrected chi connectivity index (χ3v) is 4.62. The first-order chi connectivity index (χ1) is 10.5. The van der Waals surface area contributed by atoms with Crippen LogP contribution in [0.5, 0.6) is 5.75 Å². The molecule has 0 unspecified atom stereocenters. The Morgan fingerprint density at radius 1 is 1.09 bits per heavy atom. The van der Waals surface area contributed by atoms with Gasteiger partial charge in [0.15, 0.2) is 0 Å². The van der Waals surface area contributed by atoms with Crippen molar-refractivity contribution in [3.63, 3.8) is 0 Å².